The van der Waals surface area contributed by atoms with E-state index in [1.54, 1.807) is 6.07 Å². The number of aromatic amines is 1. The number of H-pyrrole nitrogens is 1. The summed E-state index contributed by atoms with van der Waals surface area (Å²) in [5, 5.41) is 16.6. The summed E-state index contributed by atoms with van der Waals surface area (Å²) in [7, 11) is 0. The van der Waals surface area contributed by atoms with Crippen LogP contribution in [-0.2, 0) is 17.6 Å². The zero-order valence-corrected chi connectivity index (χ0v) is 23.1. The zero-order chi connectivity index (χ0) is 27.6. The largest absolute Gasteiger partial charge is 0.506 e. The third kappa shape index (κ3) is 8.09. The molecular formula is C29H38F2N4O3S. The van der Waals surface area contributed by atoms with Gasteiger partial charge in [-0.3, -0.25) is 9.59 Å². The number of rotatable bonds is 13. The molecule has 0 aliphatic heterocycles. The van der Waals surface area contributed by atoms with Gasteiger partial charge in [0.15, 0.2) is 0 Å². The highest BCUT2D eigenvalue weighted by molar-refractivity contribution is 7.16. The monoisotopic (exact) mass is 560 g/mol. The van der Waals surface area contributed by atoms with Crippen LogP contribution in [0.4, 0.5) is 8.78 Å². The number of amides is 1. The molecule has 4 rings (SSSR count). The average Bonchev–Trinajstić information content (AvgIpc) is 3.13. The SMILES string of the molecule is O=C(CCNCCc1c(F)cccc1F)N(CCNCCc1ccc(O)c2[nH]c(=O)sc12)C1CCCCCC1. The first-order chi connectivity index (χ1) is 18.9. The highest BCUT2D eigenvalue weighted by Crippen LogP contribution is 2.28. The number of thiazole rings is 1. The number of carbonyl (C=O) groups is 1. The van der Waals surface area contributed by atoms with E-state index in [1.165, 1.54) is 31.0 Å². The molecule has 10 heteroatoms. The quantitative estimate of drug-likeness (QED) is 0.183. The Morgan fingerprint density at radius 2 is 1.67 bits per heavy atom. The summed E-state index contributed by atoms with van der Waals surface area (Å²) in [5.74, 6) is -0.908. The number of aromatic hydroxyl groups is 1. The second-order valence-corrected chi connectivity index (χ2v) is 11.1. The van der Waals surface area contributed by atoms with Crippen LogP contribution in [0.1, 0.15) is 56.1 Å². The van der Waals surface area contributed by atoms with Gasteiger partial charge in [-0.2, -0.15) is 0 Å². The van der Waals surface area contributed by atoms with Crippen LogP contribution in [0.3, 0.4) is 0 Å². The van der Waals surface area contributed by atoms with Crippen molar-refractivity contribution >= 4 is 27.5 Å². The predicted octanol–water partition coefficient (Wildman–Crippen LogP) is 4.48. The number of aromatic nitrogens is 1. The van der Waals surface area contributed by atoms with Gasteiger partial charge in [0.1, 0.15) is 22.9 Å². The molecule has 4 N–H and O–H groups in total. The fourth-order valence-electron chi connectivity index (χ4n) is 5.35. The molecule has 7 nitrogen and oxygen atoms in total. The Labute approximate surface area is 231 Å². The lowest BCUT2D eigenvalue weighted by Crippen LogP contribution is -2.45. The molecule has 0 unspecified atom stereocenters. The molecule has 1 aromatic heterocycles. The third-order valence-electron chi connectivity index (χ3n) is 7.45. The summed E-state index contributed by atoms with van der Waals surface area (Å²) >= 11 is 1.10. The van der Waals surface area contributed by atoms with Crippen molar-refractivity contribution in [3.05, 3.63) is 62.8 Å². The summed E-state index contributed by atoms with van der Waals surface area (Å²) in [4.78, 5) is 29.5. The fourth-order valence-corrected chi connectivity index (χ4v) is 6.24. The molecule has 0 saturated heterocycles. The summed E-state index contributed by atoms with van der Waals surface area (Å²) < 4.78 is 28.4. The number of nitrogens with one attached hydrogen (secondary N) is 3. The maximum atomic E-state index is 13.8. The summed E-state index contributed by atoms with van der Waals surface area (Å²) in [6.45, 7) is 2.82. The van der Waals surface area contributed by atoms with Crippen LogP contribution in [0.2, 0.25) is 0 Å². The van der Waals surface area contributed by atoms with Gasteiger partial charge < -0.3 is 25.6 Å². The minimum atomic E-state index is -0.543. The Morgan fingerprint density at radius 1 is 0.974 bits per heavy atom. The number of carbonyl (C=O) groups excluding carboxylic acids is 1. The van der Waals surface area contributed by atoms with E-state index in [0.717, 1.165) is 47.3 Å². The zero-order valence-electron chi connectivity index (χ0n) is 22.2. The molecule has 1 aliphatic carbocycles. The van der Waals surface area contributed by atoms with Crippen molar-refractivity contribution in [2.24, 2.45) is 0 Å². The van der Waals surface area contributed by atoms with Crippen molar-refractivity contribution < 1.29 is 18.7 Å². The molecule has 39 heavy (non-hydrogen) atoms. The highest BCUT2D eigenvalue weighted by atomic mass is 32.1. The van der Waals surface area contributed by atoms with Crippen molar-refractivity contribution in [1.82, 2.24) is 20.5 Å². The maximum Gasteiger partial charge on any atom is 0.305 e. The number of fused-ring (bicyclic) bond motifs is 1. The van der Waals surface area contributed by atoms with Crippen LogP contribution in [-0.4, -0.2) is 59.7 Å². The Hall–Kier alpha value is -2.82. The first kappa shape index (κ1) is 29.2. The molecular weight excluding hydrogens is 522 g/mol. The molecule has 0 atom stereocenters. The lowest BCUT2D eigenvalue weighted by Gasteiger charge is -2.32. The smallest absolute Gasteiger partial charge is 0.305 e. The topological polar surface area (TPSA) is 97.5 Å². The number of hydrogen-bond donors (Lipinski definition) is 4. The molecule has 1 fully saturated rings. The Bertz CT molecular complexity index is 1270. The van der Waals surface area contributed by atoms with Crippen molar-refractivity contribution in [2.45, 2.75) is 63.8 Å². The van der Waals surface area contributed by atoms with E-state index in [0.29, 0.717) is 51.1 Å². The van der Waals surface area contributed by atoms with Crippen molar-refractivity contribution in [3.8, 4) is 5.75 Å². The molecule has 1 saturated carbocycles. The maximum absolute atomic E-state index is 13.8. The Balaban J connectivity index is 1.25. The molecule has 2 aromatic carbocycles. The van der Waals surface area contributed by atoms with E-state index in [2.05, 4.69) is 15.6 Å². The molecule has 1 amide bonds. The average molecular weight is 561 g/mol. The molecule has 0 bridgehead atoms. The van der Waals surface area contributed by atoms with Crippen molar-refractivity contribution in [2.75, 3.05) is 32.7 Å². The number of benzene rings is 2. The van der Waals surface area contributed by atoms with E-state index in [-0.39, 0.29) is 34.6 Å². The third-order valence-corrected chi connectivity index (χ3v) is 8.41. The van der Waals surface area contributed by atoms with Crippen LogP contribution < -0.4 is 15.5 Å². The summed E-state index contributed by atoms with van der Waals surface area (Å²) in [6, 6.07) is 7.56. The van der Waals surface area contributed by atoms with Crippen LogP contribution in [0.5, 0.6) is 5.75 Å². The van der Waals surface area contributed by atoms with Gasteiger partial charge in [-0.15, -0.1) is 0 Å². The number of nitrogens with zero attached hydrogens (tertiary/aromatic N) is 1. The van der Waals surface area contributed by atoms with Gasteiger partial charge in [-0.25, -0.2) is 8.78 Å². The van der Waals surface area contributed by atoms with E-state index >= 15 is 0 Å². The van der Waals surface area contributed by atoms with Crippen LogP contribution in [0.25, 0.3) is 10.2 Å². The molecule has 1 heterocycles. The molecule has 212 valence electrons. The van der Waals surface area contributed by atoms with Crippen LogP contribution in [0.15, 0.2) is 35.1 Å². The van der Waals surface area contributed by atoms with Gasteiger partial charge in [0, 0.05) is 37.7 Å². The van der Waals surface area contributed by atoms with E-state index in [4.69, 9.17) is 0 Å². The molecule has 3 aromatic rings. The predicted molar refractivity (Wildman–Crippen MR) is 151 cm³/mol. The summed E-state index contributed by atoms with van der Waals surface area (Å²) in [6.07, 6.45) is 7.98. The first-order valence-electron chi connectivity index (χ1n) is 13.9. The van der Waals surface area contributed by atoms with Crippen LogP contribution >= 0.6 is 11.3 Å². The van der Waals surface area contributed by atoms with E-state index < -0.39 is 11.6 Å². The fraction of sp³-hybridized carbons (Fsp3) is 0.517. The number of phenolic OH excluding ortho intramolecular Hbond substituents is 1. The second-order valence-electron chi connectivity index (χ2n) is 10.1. The lowest BCUT2D eigenvalue weighted by molar-refractivity contribution is -0.133. The first-order valence-corrected chi connectivity index (χ1v) is 14.7. The number of phenols is 1. The summed E-state index contributed by atoms with van der Waals surface area (Å²) in [5.41, 5.74) is 1.55. The van der Waals surface area contributed by atoms with Gasteiger partial charge in [0.2, 0.25) is 5.91 Å². The van der Waals surface area contributed by atoms with Gasteiger partial charge >= 0.3 is 4.87 Å². The standard InChI is InChI=1S/C29H38F2N4O3S/c30-23-8-5-9-24(31)22(23)13-16-32-17-14-26(37)35(21-6-3-1-2-4-7-21)19-18-33-15-12-20-10-11-25(36)27-28(20)39-29(38)34-27/h5,8-11,21,32-33,36H,1-4,6-7,12-19H2,(H,34,38). The highest BCUT2D eigenvalue weighted by Gasteiger charge is 2.24. The van der Waals surface area contributed by atoms with Crippen molar-refractivity contribution in [1.29, 1.82) is 0 Å². The molecule has 0 radical (unpaired) electrons. The van der Waals surface area contributed by atoms with E-state index in [1.807, 2.05) is 11.0 Å². The van der Waals surface area contributed by atoms with Gasteiger partial charge in [0.05, 0.1) is 4.70 Å². The Morgan fingerprint density at radius 3 is 2.41 bits per heavy atom. The lowest BCUT2D eigenvalue weighted by atomic mass is 10.1. The Kier molecular flexibility index (Phi) is 10.9. The van der Waals surface area contributed by atoms with Gasteiger partial charge in [-0.1, -0.05) is 49.2 Å². The minimum Gasteiger partial charge on any atom is -0.506 e. The van der Waals surface area contributed by atoms with Crippen molar-refractivity contribution in [3.63, 3.8) is 0 Å². The van der Waals surface area contributed by atoms with Crippen LogP contribution in [0, 0.1) is 11.6 Å². The minimum absolute atomic E-state index is 0.0706. The van der Waals surface area contributed by atoms with E-state index in [9.17, 15) is 23.5 Å². The normalized spacial score (nSPS) is 14.5. The number of halogens is 2. The van der Waals surface area contributed by atoms with Gasteiger partial charge in [0.25, 0.3) is 0 Å². The second kappa shape index (κ2) is 14.5. The molecule has 1 aliphatic rings. The number of hydrogen-bond acceptors (Lipinski definition) is 6. The van der Waals surface area contributed by atoms with Gasteiger partial charge in [-0.05, 0) is 62.5 Å². The molecule has 0 spiro atoms.